The Hall–Kier alpha value is -4.80. The number of carbonyl (C=O) groups excluding carboxylic acids is 4. The Morgan fingerprint density at radius 3 is 2.57 bits per heavy atom. The summed E-state index contributed by atoms with van der Waals surface area (Å²) in [7, 11) is 0. The molecule has 1 aromatic carbocycles. The first-order chi connectivity index (χ1) is 20.4. The summed E-state index contributed by atoms with van der Waals surface area (Å²) < 4.78 is 2.13. The summed E-state index contributed by atoms with van der Waals surface area (Å²) in [6.07, 6.45) is 8.64. The number of carbonyl (C=O) groups is 4. The van der Waals surface area contributed by atoms with Crippen LogP contribution in [0.5, 0.6) is 0 Å². The van der Waals surface area contributed by atoms with Crippen molar-refractivity contribution < 1.29 is 19.2 Å². The molecule has 2 saturated carbocycles. The Labute approximate surface area is 240 Å². The number of nitrogens with one attached hydrogen (secondary N) is 3. The third-order valence-electron chi connectivity index (χ3n) is 9.03. The van der Waals surface area contributed by atoms with E-state index in [1.54, 1.807) is 18.2 Å². The van der Waals surface area contributed by atoms with Crippen LogP contribution >= 0.6 is 0 Å². The average molecular weight is 564 g/mol. The van der Waals surface area contributed by atoms with Gasteiger partial charge < -0.3 is 10.3 Å². The topological polar surface area (TPSA) is 142 Å². The van der Waals surface area contributed by atoms with Crippen LogP contribution in [0.15, 0.2) is 48.8 Å². The standard InChI is InChI=1S/C31H29N7O4/c39-26-8-7-25(29(40)35-26)38-30(41)21-5-4-19(13-22(21)31(38)42)33-14-16-11-20(12-16)37-15-23(27(36-37)17-1-2-17)24-6-3-18-9-10-32-28(18)34-24/h3-6,9-10,13,15-17,20,25,33H,1-2,7-8,11-12,14H2,(H,32,34)(H,35,39,40). The SMILES string of the molecule is O=C1CCC(N2C(=O)c3ccc(NCC4CC(n5cc(-c6ccc7cc[nH]c7n6)c(C6CC6)n5)C4)cc3C2=O)C(=O)N1. The Balaban J connectivity index is 0.921. The normalized spacial score (nSPS) is 23.7. The van der Waals surface area contributed by atoms with E-state index in [9.17, 15) is 19.2 Å². The van der Waals surface area contributed by atoms with Crippen molar-refractivity contribution in [1.29, 1.82) is 0 Å². The number of benzene rings is 1. The van der Waals surface area contributed by atoms with Gasteiger partial charge in [-0.2, -0.15) is 5.10 Å². The van der Waals surface area contributed by atoms with Crippen molar-refractivity contribution in [2.75, 3.05) is 11.9 Å². The number of fused-ring (bicyclic) bond motifs is 2. The zero-order chi connectivity index (χ0) is 28.5. The van der Waals surface area contributed by atoms with E-state index in [2.05, 4.69) is 38.6 Å². The molecule has 0 radical (unpaired) electrons. The number of aromatic nitrogens is 4. The van der Waals surface area contributed by atoms with Gasteiger partial charge in [-0.1, -0.05) is 0 Å². The zero-order valence-electron chi connectivity index (χ0n) is 22.8. The van der Waals surface area contributed by atoms with E-state index in [0.717, 1.165) is 58.0 Å². The minimum atomic E-state index is -0.964. The van der Waals surface area contributed by atoms with Gasteiger partial charge in [0.2, 0.25) is 11.8 Å². The van der Waals surface area contributed by atoms with Crippen LogP contribution in [-0.4, -0.2) is 60.9 Å². The van der Waals surface area contributed by atoms with Gasteiger partial charge in [-0.25, -0.2) is 4.98 Å². The number of imide groups is 2. The smallest absolute Gasteiger partial charge is 0.262 e. The number of piperidine rings is 1. The van der Waals surface area contributed by atoms with Crippen molar-refractivity contribution in [2.45, 2.75) is 56.5 Å². The minimum Gasteiger partial charge on any atom is -0.385 e. The Bertz CT molecular complexity index is 1800. The number of anilines is 1. The molecule has 1 unspecified atom stereocenters. The monoisotopic (exact) mass is 563 g/mol. The predicted octanol–water partition coefficient (Wildman–Crippen LogP) is 3.77. The van der Waals surface area contributed by atoms with E-state index in [4.69, 9.17) is 10.1 Å². The molecule has 1 atom stereocenters. The first kappa shape index (κ1) is 25.0. The number of H-pyrrole nitrogens is 1. The number of pyridine rings is 1. The van der Waals surface area contributed by atoms with E-state index < -0.39 is 23.8 Å². The van der Waals surface area contributed by atoms with Crippen LogP contribution in [-0.2, 0) is 9.59 Å². The summed E-state index contributed by atoms with van der Waals surface area (Å²) in [6, 6.07) is 10.7. The fourth-order valence-electron chi connectivity index (χ4n) is 6.46. The van der Waals surface area contributed by atoms with Crippen molar-refractivity contribution in [1.82, 2.24) is 30.0 Å². The van der Waals surface area contributed by atoms with Gasteiger partial charge in [0.05, 0.1) is 28.6 Å². The maximum atomic E-state index is 13.1. The number of hydrogen-bond donors (Lipinski definition) is 3. The van der Waals surface area contributed by atoms with Crippen LogP contribution in [0.4, 0.5) is 5.69 Å². The summed E-state index contributed by atoms with van der Waals surface area (Å²) in [5, 5.41) is 11.8. The lowest BCUT2D eigenvalue weighted by atomic mass is 9.80. The Morgan fingerprint density at radius 1 is 0.929 bits per heavy atom. The highest BCUT2D eigenvalue weighted by atomic mass is 16.2. The highest BCUT2D eigenvalue weighted by Crippen LogP contribution is 2.45. The van der Waals surface area contributed by atoms with Gasteiger partial charge in [0.25, 0.3) is 11.8 Å². The molecular weight excluding hydrogens is 534 g/mol. The highest BCUT2D eigenvalue weighted by molar-refractivity contribution is 6.23. The number of hydrogen-bond acceptors (Lipinski definition) is 7. The summed E-state index contributed by atoms with van der Waals surface area (Å²) >= 11 is 0. The zero-order valence-corrected chi connectivity index (χ0v) is 22.8. The van der Waals surface area contributed by atoms with E-state index in [0.29, 0.717) is 17.9 Å². The molecule has 3 fully saturated rings. The van der Waals surface area contributed by atoms with Crippen LogP contribution in [0, 0.1) is 5.92 Å². The van der Waals surface area contributed by atoms with Crippen molar-refractivity contribution in [2.24, 2.45) is 5.92 Å². The van der Waals surface area contributed by atoms with Gasteiger partial charge in [-0.05, 0) is 74.4 Å². The molecule has 5 heterocycles. The quantitative estimate of drug-likeness (QED) is 0.291. The lowest BCUT2D eigenvalue weighted by molar-refractivity contribution is -0.136. The molecule has 0 bridgehead atoms. The second-order valence-electron chi connectivity index (χ2n) is 11.9. The molecule has 4 aliphatic rings. The van der Waals surface area contributed by atoms with E-state index >= 15 is 0 Å². The molecule has 4 amide bonds. The van der Waals surface area contributed by atoms with Crippen molar-refractivity contribution in [3.8, 4) is 11.3 Å². The van der Waals surface area contributed by atoms with Gasteiger partial charge >= 0.3 is 0 Å². The molecule has 212 valence electrons. The predicted molar refractivity (Wildman–Crippen MR) is 153 cm³/mol. The Kier molecular flexibility index (Phi) is 5.56. The second kappa shape index (κ2) is 9.37. The molecule has 2 aliphatic carbocycles. The second-order valence-corrected chi connectivity index (χ2v) is 11.9. The van der Waals surface area contributed by atoms with Crippen LogP contribution in [0.2, 0.25) is 0 Å². The first-order valence-electron chi connectivity index (χ1n) is 14.6. The molecule has 42 heavy (non-hydrogen) atoms. The minimum absolute atomic E-state index is 0.0981. The number of amides is 4. The van der Waals surface area contributed by atoms with E-state index in [1.807, 2.05) is 12.3 Å². The molecule has 4 aromatic rings. The molecule has 3 N–H and O–H groups in total. The van der Waals surface area contributed by atoms with E-state index in [-0.39, 0.29) is 29.9 Å². The third-order valence-corrected chi connectivity index (χ3v) is 9.03. The third kappa shape index (κ3) is 4.10. The highest BCUT2D eigenvalue weighted by Gasteiger charge is 2.44. The molecule has 8 rings (SSSR count). The number of rotatable bonds is 7. The molecule has 2 aliphatic heterocycles. The summed E-state index contributed by atoms with van der Waals surface area (Å²) in [4.78, 5) is 58.9. The Morgan fingerprint density at radius 2 is 1.76 bits per heavy atom. The number of nitrogens with zero attached hydrogens (tertiary/aromatic N) is 4. The maximum Gasteiger partial charge on any atom is 0.262 e. The summed E-state index contributed by atoms with van der Waals surface area (Å²) in [5.41, 5.74) is 5.44. The lowest BCUT2D eigenvalue weighted by Crippen LogP contribution is -2.54. The van der Waals surface area contributed by atoms with Crippen LogP contribution < -0.4 is 10.6 Å². The van der Waals surface area contributed by atoms with Gasteiger partial charge in [-0.3, -0.25) is 34.1 Å². The first-order valence-corrected chi connectivity index (χ1v) is 14.6. The van der Waals surface area contributed by atoms with Crippen molar-refractivity contribution in [3.63, 3.8) is 0 Å². The maximum absolute atomic E-state index is 13.1. The van der Waals surface area contributed by atoms with Crippen LogP contribution in [0.25, 0.3) is 22.3 Å². The molecular formula is C31H29N7O4. The van der Waals surface area contributed by atoms with Gasteiger partial charge in [-0.15, -0.1) is 0 Å². The average Bonchev–Trinajstić information content (AvgIpc) is 3.44. The number of aromatic amines is 1. The lowest BCUT2D eigenvalue weighted by Gasteiger charge is -2.35. The molecule has 0 spiro atoms. The fourth-order valence-corrected chi connectivity index (χ4v) is 6.46. The van der Waals surface area contributed by atoms with Crippen LogP contribution in [0.3, 0.4) is 0 Å². The fraction of sp³-hybridized carbons (Fsp3) is 0.355. The van der Waals surface area contributed by atoms with E-state index in [1.165, 1.54) is 12.8 Å². The van der Waals surface area contributed by atoms with Gasteiger partial charge in [0, 0.05) is 47.9 Å². The summed E-state index contributed by atoms with van der Waals surface area (Å²) in [5.74, 6) is -1.02. The van der Waals surface area contributed by atoms with Crippen molar-refractivity contribution in [3.05, 3.63) is 65.6 Å². The van der Waals surface area contributed by atoms with Crippen molar-refractivity contribution >= 4 is 40.3 Å². The molecule has 11 nitrogen and oxygen atoms in total. The molecule has 3 aromatic heterocycles. The van der Waals surface area contributed by atoms with Gasteiger partial charge in [0.1, 0.15) is 11.7 Å². The van der Waals surface area contributed by atoms with Gasteiger partial charge in [0.15, 0.2) is 0 Å². The molecule has 11 heteroatoms. The summed E-state index contributed by atoms with van der Waals surface area (Å²) in [6.45, 7) is 0.739. The largest absolute Gasteiger partial charge is 0.385 e. The molecule has 1 saturated heterocycles. The van der Waals surface area contributed by atoms with Crippen LogP contribution in [0.1, 0.15) is 76.9 Å².